The molecule has 86 valence electrons. The molecular formula is C10H15N5O. The maximum atomic E-state index is 11.9. The molecular weight excluding hydrogens is 206 g/mol. The van der Waals surface area contributed by atoms with Crippen LogP contribution in [-0.2, 0) is 4.79 Å². The van der Waals surface area contributed by atoms with Crippen molar-refractivity contribution in [2.24, 2.45) is 5.92 Å². The van der Waals surface area contributed by atoms with E-state index in [-0.39, 0.29) is 17.9 Å². The Morgan fingerprint density at radius 2 is 2.50 bits per heavy atom. The summed E-state index contributed by atoms with van der Waals surface area (Å²) in [7, 11) is 0. The predicted molar refractivity (Wildman–Crippen MR) is 57.2 cm³/mol. The average Bonchev–Trinajstić information content (AvgIpc) is 2.83. The van der Waals surface area contributed by atoms with Gasteiger partial charge in [-0.3, -0.25) is 4.79 Å². The first kappa shape index (κ1) is 10.8. The summed E-state index contributed by atoms with van der Waals surface area (Å²) in [5.41, 5.74) is 0. The van der Waals surface area contributed by atoms with Gasteiger partial charge in [0.05, 0.1) is 6.04 Å². The van der Waals surface area contributed by atoms with E-state index in [2.05, 4.69) is 38.1 Å². The van der Waals surface area contributed by atoms with E-state index in [0.29, 0.717) is 5.82 Å². The van der Waals surface area contributed by atoms with Gasteiger partial charge in [-0.05, 0) is 26.2 Å². The third-order valence-electron chi connectivity index (χ3n) is 2.75. The number of allylic oxidation sites excluding steroid dienone is 2. The molecule has 0 radical (unpaired) electrons. The van der Waals surface area contributed by atoms with E-state index >= 15 is 0 Å². The van der Waals surface area contributed by atoms with Gasteiger partial charge < -0.3 is 5.32 Å². The van der Waals surface area contributed by atoms with E-state index in [1.165, 1.54) is 0 Å². The second kappa shape index (κ2) is 4.87. The van der Waals surface area contributed by atoms with Crippen molar-refractivity contribution in [1.82, 2.24) is 25.9 Å². The monoisotopic (exact) mass is 221 g/mol. The molecule has 1 aliphatic rings. The summed E-state index contributed by atoms with van der Waals surface area (Å²) in [5.74, 6) is 0.667. The maximum absolute atomic E-state index is 11.9. The van der Waals surface area contributed by atoms with Crippen LogP contribution in [0.1, 0.15) is 38.1 Å². The van der Waals surface area contributed by atoms with Crippen molar-refractivity contribution in [3.8, 4) is 0 Å². The molecule has 1 aliphatic carbocycles. The molecule has 0 aromatic carbocycles. The molecule has 1 aromatic rings. The fourth-order valence-corrected chi connectivity index (χ4v) is 1.78. The molecule has 1 aromatic heterocycles. The number of carbonyl (C=O) groups is 1. The van der Waals surface area contributed by atoms with Gasteiger partial charge in [0.1, 0.15) is 0 Å². The Balaban J connectivity index is 1.89. The first-order valence-electron chi connectivity index (χ1n) is 5.46. The SMILES string of the molecule is CC(NC(=O)C1CC=CCC1)c1nn[nH]n1. The average molecular weight is 221 g/mol. The third kappa shape index (κ3) is 2.44. The number of nitrogens with one attached hydrogen (secondary N) is 2. The number of rotatable bonds is 3. The van der Waals surface area contributed by atoms with Gasteiger partial charge in [-0.25, -0.2) is 0 Å². The lowest BCUT2D eigenvalue weighted by Crippen LogP contribution is -2.33. The van der Waals surface area contributed by atoms with Gasteiger partial charge in [0.2, 0.25) is 5.91 Å². The Labute approximate surface area is 93.5 Å². The lowest BCUT2D eigenvalue weighted by Gasteiger charge is -2.19. The number of nitrogens with zero attached hydrogens (tertiary/aromatic N) is 3. The van der Waals surface area contributed by atoms with Crippen molar-refractivity contribution in [3.63, 3.8) is 0 Å². The second-order valence-corrected chi connectivity index (χ2v) is 3.98. The van der Waals surface area contributed by atoms with Gasteiger partial charge in [-0.1, -0.05) is 17.4 Å². The molecule has 1 heterocycles. The van der Waals surface area contributed by atoms with Gasteiger partial charge >= 0.3 is 0 Å². The summed E-state index contributed by atoms with van der Waals surface area (Å²) in [6.07, 6.45) is 6.90. The number of hydrogen-bond donors (Lipinski definition) is 2. The Hall–Kier alpha value is -1.72. The van der Waals surface area contributed by atoms with Crippen LogP contribution in [-0.4, -0.2) is 26.5 Å². The van der Waals surface area contributed by atoms with Crippen molar-refractivity contribution >= 4 is 5.91 Å². The number of tetrazole rings is 1. The Bertz CT molecular complexity index is 373. The molecule has 2 atom stereocenters. The number of aromatic amines is 1. The second-order valence-electron chi connectivity index (χ2n) is 3.98. The van der Waals surface area contributed by atoms with Crippen molar-refractivity contribution in [2.45, 2.75) is 32.2 Å². The molecule has 0 aliphatic heterocycles. The number of hydrogen-bond acceptors (Lipinski definition) is 4. The van der Waals surface area contributed by atoms with Gasteiger partial charge in [0.25, 0.3) is 0 Å². The molecule has 2 rings (SSSR count). The first-order valence-corrected chi connectivity index (χ1v) is 5.46. The highest BCUT2D eigenvalue weighted by Crippen LogP contribution is 2.19. The summed E-state index contributed by atoms with van der Waals surface area (Å²) in [6, 6.07) is -0.197. The Kier molecular flexibility index (Phi) is 3.28. The highest BCUT2D eigenvalue weighted by atomic mass is 16.1. The molecule has 2 N–H and O–H groups in total. The van der Waals surface area contributed by atoms with Gasteiger partial charge in [0.15, 0.2) is 5.82 Å². The summed E-state index contributed by atoms with van der Waals surface area (Å²) in [5, 5.41) is 16.4. The zero-order chi connectivity index (χ0) is 11.4. The highest BCUT2D eigenvalue weighted by Gasteiger charge is 2.21. The van der Waals surface area contributed by atoms with Crippen molar-refractivity contribution < 1.29 is 4.79 Å². The molecule has 0 fully saturated rings. The van der Waals surface area contributed by atoms with Gasteiger partial charge in [0, 0.05) is 5.92 Å². The lowest BCUT2D eigenvalue weighted by atomic mass is 9.93. The van der Waals surface area contributed by atoms with Crippen LogP contribution in [0.25, 0.3) is 0 Å². The van der Waals surface area contributed by atoms with E-state index in [4.69, 9.17) is 0 Å². The van der Waals surface area contributed by atoms with Crippen LogP contribution in [0.4, 0.5) is 0 Å². The number of aromatic nitrogens is 4. The first-order chi connectivity index (χ1) is 7.77. The Morgan fingerprint density at radius 1 is 1.62 bits per heavy atom. The standard InChI is InChI=1S/C10H15N5O/c1-7(9-12-14-15-13-9)11-10(16)8-5-3-2-4-6-8/h2-3,7-8H,4-6H2,1H3,(H,11,16)(H,12,13,14,15). The van der Waals surface area contributed by atoms with Crippen LogP contribution in [0.15, 0.2) is 12.2 Å². The molecule has 2 unspecified atom stereocenters. The molecule has 0 saturated heterocycles. The fraction of sp³-hybridized carbons (Fsp3) is 0.600. The van der Waals surface area contributed by atoms with Crippen LogP contribution in [0.5, 0.6) is 0 Å². The zero-order valence-electron chi connectivity index (χ0n) is 9.18. The van der Waals surface area contributed by atoms with Crippen molar-refractivity contribution in [3.05, 3.63) is 18.0 Å². The summed E-state index contributed by atoms with van der Waals surface area (Å²) in [4.78, 5) is 11.9. The van der Waals surface area contributed by atoms with E-state index < -0.39 is 0 Å². The van der Waals surface area contributed by atoms with Crippen molar-refractivity contribution in [1.29, 1.82) is 0 Å². The molecule has 16 heavy (non-hydrogen) atoms. The Morgan fingerprint density at radius 3 is 3.12 bits per heavy atom. The fourth-order valence-electron chi connectivity index (χ4n) is 1.78. The third-order valence-corrected chi connectivity index (χ3v) is 2.75. The smallest absolute Gasteiger partial charge is 0.224 e. The van der Waals surface area contributed by atoms with Crippen LogP contribution in [0.2, 0.25) is 0 Å². The molecule has 6 heteroatoms. The van der Waals surface area contributed by atoms with E-state index in [1.54, 1.807) is 0 Å². The van der Waals surface area contributed by atoms with Gasteiger partial charge in [-0.15, -0.1) is 10.2 Å². The highest BCUT2D eigenvalue weighted by molar-refractivity contribution is 5.79. The minimum atomic E-state index is -0.197. The normalized spacial score (nSPS) is 21.7. The van der Waals surface area contributed by atoms with Crippen LogP contribution in [0, 0.1) is 5.92 Å². The summed E-state index contributed by atoms with van der Waals surface area (Å²) >= 11 is 0. The molecule has 1 amide bonds. The van der Waals surface area contributed by atoms with E-state index in [0.717, 1.165) is 19.3 Å². The summed E-state index contributed by atoms with van der Waals surface area (Å²) < 4.78 is 0. The quantitative estimate of drug-likeness (QED) is 0.737. The number of H-pyrrole nitrogens is 1. The molecule has 0 saturated carbocycles. The number of amides is 1. The van der Waals surface area contributed by atoms with Crippen LogP contribution < -0.4 is 5.32 Å². The van der Waals surface area contributed by atoms with E-state index in [9.17, 15) is 4.79 Å². The van der Waals surface area contributed by atoms with Crippen molar-refractivity contribution in [2.75, 3.05) is 0 Å². The minimum Gasteiger partial charge on any atom is -0.346 e. The van der Waals surface area contributed by atoms with Gasteiger partial charge in [-0.2, -0.15) is 5.21 Å². The minimum absolute atomic E-state index is 0.0710. The molecule has 0 bridgehead atoms. The van der Waals surface area contributed by atoms with Crippen LogP contribution in [0.3, 0.4) is 0 Å². The van der Waals surface area contributed by atoms with E-state index in [1.807, 2.05) is 6.92 Å². The molecule has 0 spiro atoms. The topological polar surface area (TPSA) is 83.6 Å². The maximum Gasteiger partial charge on any atom is 0.224 e. The predicted octanol–water partition coefficient (Wildman–Crippen LogP) is 0.733. The number of carbonyl (C=O) groups excluding carboxylic acids is 1. The summed E-state index contributed by atoms with van der Waals surface area (Å²) in [6.45, 7) is 1.85. The lowest BCUT2D eigenvalue weighted by molar-refractivity contribution is -0.125. The zero-order valence-corrected chi connectivity index (χ0v) is 9.18. The largest absolute Gasteiger partial charge is 0.346 e. The van der Waals surface area contributed by atoms with Crippen LogP contribution >= 0.6 is 0 Å². The molecule has 6 nitrogen and oxygen atoms in total.